The fourth-order valence-corrected chi connectivity index (χ4v) is 3.47. The number of nitrogens with zero attached hydrogens (tertiary/aromatic N) is 1. The van der Waals surface area contributed by atoms with Crippen LogP contribution in [0.1, 0.15) is 5.56 Å². The zero-order valence-electron chi connectivity index (χ0n) is 14.8. The minimum Gasteiger partial charge on any atom is -0.493 e. The molecule has 2 rings (SSSR count). The standard InChI is InChI=1S/C17H18F3NO5S/c1-21(11-12-4-9-15(24-2)16(10-12)25-3)27(22,23)14-7-5-13(6-8-14)26-17(18,19)20/h4-10H,11H2,1-3H3. The van der Waals surface area contributed by atoms with E-state index in [0.29, 0.717) is 17.1 Å². The molecule has 0 fully saturated rings. The van der Waals surface area contributed by atoms with E-state index < -0.39 is 22.1 Å². The van der Waals surface area contributed by atoms with Gasteiger partial charge in [-0.2, -0.15) is 4.31 Å². The molecule has 0 aromatic heterocycles. The fourth-order valence-electron chi connectivity index (χ4n) is 2.31. The number of alkyl halides is 3. The molecule has 2 aromatic carbocycles. The zero-order chi connectivity index (χ0) is 20.2. The number of halogens is 3. The van der Waals surface area contributed by atoms with Crippen LogP contribution in [0.2, 0.25) is 0 Å². The average molecular weight is 405 g/mol. The molecule has 0 unspecified atom stereocenters. The highest BCUT2D eigenvalue weighted by Gasteiger charge is 2.31. The Labute approximate surface area is 155 Å². The number of sulfonamides is 1. The normalized spacial score (nSPS) is 12.1. The average Bonchev–Trinajstić information content (AvgIpc) is 2.60. The molecule has 0 atom stereocenters. The van der Waals surface area contributed by atoms with E-state index in [1.165, 1.54) is 21.3 Å². The quantitative estimate of drug-likeness (QED) is 0.706. The van der Waals surface area contributed by atoms with Gasteiger partial charge in [-0.3, -0.25) is 0 Å². The smallest absolute Gasteiger partial charge is 0.493 e. The molecule has 2 aromatic rings. The minimum atomic E-state index is -4.84. The van der Waals surface area contributed by atoms with Crippen molar-refractivity contribution in [2.75, 3.05) is 21.3 Å². The third-order valence-electron chi connectivity index (χ3n) is 3.62. The monoisotopic (exact) mass is 405 g/mol. The lowest BCUT2D eigenvalue weighted by atomic mass is 10.2. The van der Waals surface area contributed by atoms with Gasteiger partial charge in [0.1, 0.15) is 5.75 Å². The first-order valence-corrected chi connectivity index (χ1v) is 9.04. The van der Waals surface area contributed by atoms with E-state index >= 15 is 0 Å². The van der Waals surface area contributed by atoms with Crippen molar-refractivity contribution in [2.45, 2.75) is 17.8 Å². The maximum Gasteiger partial charge on any atom is 0.573 e. The molecular formula is C17H18F3NO5S. The third-order valence-corrected chi connectivity index (χ3v) is 5.44. The van der Waals surface area contributed by atoms with E-state index in [0.717, 1.165) is 28.6 Å². The highest BCUT2D eigenvalue weighted by atomic mass is 32.2. The van der Waals surface area contributed by atoms with Gasteiger partial charge in [0, 0.05) is 13.6 Å². The van der Waals surface area contributed by atoms with Crippen molar-refractivity contribution in [1.29, 1.82) is 0 Å². The number of rotatable bonds is 7. The predicted molar refractivity (Wildman–Crippen MR) is 91.3 cm³/mol. The van der Waals surface area contributed by atoms with E-state index in [-0.39, 0.29) is 11.4 Å². The second kappa shape index (κ2) is 8.05. The lowest BCUT2D eigenvalue weighted by Crippen LogP contribution is -2.26. The number of methoxy groups -OCH3 is 2. The summed E-state index contributed by atoms with van der Waals surface area (Å²) in [5, 5.41) is 0. The van der Waals surface area contributed by atoms with E-state index in [1.807, 2.05) is 0 Å². The summed E-state index contributed by atoms with van der Waals surface area (Å²) in [5.41, 5.74) is 0.649. The number of benzene rings is 2. The van der Waals surface area contributed by atoms with Crippen LogP contribution in [0.15, 0.2) is 47.4 Å². The summed E-state index contributed by atoms with van der Waals surface area (Å²) in [6, 6.07) is 8.99. The Bertz CT molecular complexity index is 882. The number of hydrogen-bond acceptors (Lipinski definition) is 5. The molecule has 0 saturated heterocycles. The Kier molecular flexibility index (Phi) is 6.22. The Morgan fingerprint density at radius 1 is 0.963 bits per heavy atom. The second-order valence-electron chi connectivity index (χ2n) is 5.47. The first-order valence-electron chi connectivity index (χ1n) is 7.60. The fraction of sp³-hybridized carbons (Fsp3) is 0.294. The summed E-state index contributed by atoms with van der Waals surface area (Å²) in [4.78, 5) is -0.153. The number of ether oxygens (including phenoxy) is 3. The predicted octanol–water partition coefficient (Wildman–Crippen LogP) is 3.42. The van der Waals surface area contributed by atoms with E-state index in [1.54, 1.807) is 18.2 Å². The van der Waals surface area contributed by atoms with Crippen LogP contribution < -0.4 is 14.2 Å². The Balaban J connectivity index is 2.18. The van der Waals surface area contributed by atoms with Crippen molar-refractivity contribution in [3.8, 4) is 17.2 Å². The lowest BCUT2D eigenvalue weighted by Gasteiger charge is -2.18. The van der Waals surface area contributed by atoms with Gasteiger partial charge in [-0.15, -0.1) is 13.2 Å². The topological polar surface area (TPSA) is 65.1 Å². The molecule has 6 nitrogen and oxygen atoms in total. The van der Waals surface area contributed by atoms with E-state index in [2.05, 4.69) is 4.74 Å². The second-order valence-corrected chi connectivity index (χ2v) is 7.51. The molecule has 0 N–H and O–H groups in total. The van der Waals surface area contributed by atoms with Crippen LogP contribution >= 0.6 is 0 Å². The SMILES string of the molecule is COc1ccc(CN(C)S(=O)(=O)c2ccc(OC(F)(F)F)cc2)cc1OC. The van der Waals surface area contributed by atoms with Gasteiger partial charge in [-0.05, 0) is 42.0 Å². The summed E-state index contributed by atoms with van der Waals surface area (Å²) < 4.78 is 76.9. The Morgan fingerprint density at radius 2 is 1.56 bits per heavy atom. The van der Waals surface area contributed by atoms with Crippen molar-refractivity contribution in [3.63, 3.8) is 0 Å². The van der Waals surface area contributed by atoms with Gasteiger partial charge in [0.2, 0.25) is 10.0 Å². The van der Waals surface area contributed by atoms with E-state index in [4.69, 9.17) is 9.47 Å². The van der Waals surface area contributed by atoms with Crippen molar-refractivity contribution in [2.24, 2.45) is 0 Å². The Hall–Kier alpha value is -2.46. The summed E-state index contributed by atoms with van der Waals surface area (Å²) in [7, 11) is 0.410. The summed E-state index contributed by atoms with van der Waals surface area (Å²) in [6.45, 7) is 0.0312. The highest BCUT2D eigenvalue weighted by Crippen LogP contribution is 2.29. The van der Waals surface area contributed by atoms with Crippen molar-refractivity contribution in [3.05, 3.63) is 48.0 Å². The summed E-state index contributed by atoms with van der Waals surface area (Å²) in [5.74, 6) is 0.463. The van der Waals surface area contributed by atoms with Gasteiger partial charge in [0.25, 0.3) is 0 Å². The van der Waals surface area contributed by atoms with Gasteiger partial charge in [-0.25, -0.2) is 8.42 Å². The summed E-state index contributed by atoms with van der Waals surface area (Å²) in [6.07, 6.45) is -4.84. The summed E-state index contributed by atoms with van der Waals surface area (Å²) >= 11 is 0. The van der Waals surface area contributed by atoms with Gasteiger partial charge < -0.3 is 14.2 Å². The lowest BCUT2D eigenvalue weighted by molar-refractivity contribution is -0.274. The molecular weight excluding hydrogens is 387 g/mol. The molecule has 0 saturated carbocycles. The molecule has 0 radical (unpaired) electrons. The molecule has 0 aliphatic carbocycles. The maximum atomic E-state index is 12.6. The molecule has 0 amide bonds. The van der Waals surface area contributed by atoms with Crippen LogP contribution in [0.3, 0.4) is 0 Å². The minimum absolute atomic E-state index is 0.0312. The molecule has 148 valence electrons. The first kappa shape index (κ1) is 20.8. The van der Waals surface area contributed by atoms with Crippen LogP contribution in [0.5, 0.6) is 17.2 Å². The molecule has 0 bridgehead atoms. The third kappa shape index (κ3) is 5.27. The van der Waals surface area contributed by atoms with Crippen molar-refractivity contribution >= 4 is 10.0 Å². The highest BCUT2D eigenvalue weighted by molar-refractivity contribution is 7.89. The van der Waals surface area contributed by atoms with Gasteiger partial charge in [-0.1, -0.05) is 6.07 Å². The molecule has 10 heteroatoms. The van der Waals surface area contributed by atoms with Crippen molar-refractivity contribution < 1.29 is 35.8 Å². The van der Waals surface area contributed by atoms with Crippen LogP contribution in [0, 0.1) is 0 Å². The first-order chi connectivity index (χ1) is 12.6. The van der Waals surface area contributed by atoms with Crippen LogP contribution in [0.25, 0.3) is 0 Å². The van der Waals surface area contributed by atoms with E-state index in [9.17, 15) is 21.6 Å². The van der Waals surface area contributed by atoms with Gasteiger partial charge in [0.15, 0.2) is 11.5 Å². The maximum absolute atomic E-state index is 12.6. The number of hydrogen-bond donors (Lipinski definition) is 0. The molecule has 27 heavy (non-hydrogen) atoms. The molecule has 0 aliphatic heterocycles. The van der Waals surface area contributed by atoms with Gasteiger partial charge >= 0.3 is 6.36 Å². The Morgan fingerprint density at radius 3 is 2.07 bits per heavy atom. The van der Waals surface area contributed by atoms with Crippen LogP contribution in [-0.2, 0) is 16.6 Å². The van der Waals surface area contributed by atoms with Crippen LogP contribution in [0.4, 0.5) is 13.2 Å². The van der Waals surface area contributed by atoms with Crippen molar-refractivity contribution in [1.82, 2.24) is 4.31 Å². The molecule has 0 aliphatic rings. The van der Waals surface area contributed by atoms with Gasteiger partial charge in [0.05, 0.1) is 19.1 Å². The zero-order valence-corrected chi connectivity index (χ0v) is 15.6. The largest absolute Gasteiger partial charge is 0.573 e. The van der Waals surface area contributed by atoms with Crippen LogP contribution in [-0.4, -0.2) is 40.4 Å². The molecule has 0 spiro atoms. The molecule has 0 heterocycles.